The smallest absolute Gasteiger partial charge is 0.279 e. The highest BCUT2D eigenvalue weighted by atomic mass is 32.1. The summed E-state index contributed by atoms with van der Waals surface area (Å²) in [5.74, 6) is 0.362. The van der Waals surface area contributed by atoms with Crippen molar-refractivity contribution in [2.75, 3.05) is 7.11 Å². The maximum Gasteiger partial charge on any atom is 0.279 e. The summed E-state index contributed by atoms with van der Waals surface area (Å²) in [5.41, 5.74) is 3.98. The van der Waals surface area contributed by atoms with Gasteiger partial charge in [0.05, 0.1) is 17.3 Å². The molecule has 1 heterocycles. The van der Waals surface area contributed by atoms with E-state index in [4.69, 9.17) is 4.74 Å². The number of hydrogen-bond acceptors (Lipinski definition) is 3. The monoisotopic (exact) mass is 352 g/mol. The van der Waals surface area contributed by atoms with Gasteiger partial charge in [-0.05, 0) is 49.2 Å². The van der Waals surface area contributed by atoms with Crippen molar-refractivity contribution in [1.82, 2.24) is 4.57 Å². The first-order valence-electron chi connectivity index (χ1n) is 7.98. The summed E-state index contributed by atoms with van der Waals surface area (Å²) in [7, 11) is 1.58. The van der Waals surface area contributed by atoms with Gasteiger partial charge >= 0.3 is 0 Å². The molecule has 128 valence electrons. The lowest BCUT2D eigenvalue weighted by atomic mass is 10.1. The minimum atomic E-state index is -0.280. The van der Waals surface area contributed by atoms with Crippen molar-refractivity contribution in [2.24, 2.45) is 4.99 Å². The minimum Gasteiger partial charge on any atom is -0.497 e. The van der Waals surface area contributed by atoms with Gasteiger partial charge in [0.2, 0.25) is 0 Å². The molecule has 5 heteroatoms. The third kappa shape index (κ3) is 3.42. The van der Waals surface area contributed by atoms with Gasteiger partial charge in [-0.15, -0.1) is 6.58 Å². The lowest BCUT2D eigenvalue weighted by Gasteiger charge is -2.05. The van der Waals surface area contributed by atoms with Crippen molar-refractivity contribution in [3.8, 4) is 5.75 Å². The molecule has 0 radical (unpaired) electrons. The largest absolute Gasteiger partial charge is 0.497 e. The van der Waals surface area contributed by atoms with E-state index in [0.29, 0.717) is 22.7 Å². The van der Waals surface area contributed by atoms with E-state index in [1.807, 2.05) is 10.6 Å². The molecule has 0 N–H and O–H groups in total. The summed E-state index contributed by atoms with van der Waals surface area (Å²) >= 11 is 1.52. The quantitative estimate of drug-likeness (QED) is 0.659. The van der Waals surface area contributed by atoms with E-state index in [0.717, 1.165) is 10.2 Å². The van der Waals surface area contributed by atoms with Crippen LogP contribution in [0.3, 0.4) is 0 Å². The Labute approximate surface area is 150 Å². The SMILES string of the molecule is C=CCn1c(=NC(=O)c2cccc(OC)c2)sc2cc(C)cc(C)c21. The first-order chi connectivity index (χ1) is 12.0. The number of rotatable bonds is 4. The molecule has 0 aliphatic rings. The summed E-state index contributed by atoms with van der Waals surface area (Å²) < 4.78 is 8.35. The molecule has 25 heavy (non-hydrogen) atoms. The Hall–Kier alpha value is -2.66. The van der Waals surface area contributed by atoms with Gasteiger partial charge < -0.3 is 9.30 Å². The fourth-order valence-corrected chi connectivity index (χ4v) is 4.10. The van der Waals surface area contributed by atoms with E-state index in [2.05, 4.69) is 37.6 Å². The molecule has 3 aromatic rings. The Morgan fingerprint density at radius 1 is 1.32 bits per heavy atom. The Morgan fingerprint density at radius 3 is 2.84 bits per heavy atom. The zero-order chi connectivity index (χ0) is 18.0. The number of thiazole rings is 1. The number of carbonyl (C=O) groups excluding carboxylic acids is 1. The number of aromatic nitrogens is 1. The second-order valence-corrected chi connectivity index (χ2v) is 6.87. The number of benzene rings is 2. The Morgan fingerprint density at radius 2 is 2.12 bits per heavy atom. The van der Waals surface area contributed by atoms with Crippen molar-refractivity contribution in [1.29, 1.82) is 0 Å². The molecule has 0 spiro atoms. The molecule has 0 saturated heterocycles. The number of aryl methyl sites for hydroxylation is 2. The van der Waals surface area contributed by atoms with Crippen LogP contribution < -0.4 is 9.54 Å². The normalized spacial score (nSPS) is 11.7. The lowest BCUT2D eigenvalue weighted by molar-refractivity contribution is 0.0997. The van der Waals surface area contributed by atoms with Crippen LogP contribution in [0.25, 0.3) is 10.2 Å². The average Bonchev–Trinajstić information content (AvgIpc) is 2.92. The topological polar surface area (TPSA) is 43.6 Å². The van der Waals surface area contributed by atoms with E-state index in [9.17, 15) is 4.79 Å². The maximum atomic E-state index is 12.6. The van der Waals surface area contributed by atoms with Crippen molar-refractivity contribution in [3.05, 3.63) is 70.5 Å². The Bertz CT molecular complexity index is 1030. The molecule has 0 saturated carbocycles. The number of fused-ring (bicyclic) bond motifs is 1. The molecule has 0 atom stereocenters. The highest BCUT2D eigenvalue weighted by Crippen LogP contribution is 2.23. The van der Waals surface area contributed by atoms with E-state index in [-0.39, 0.29) is 5.91 Å². The van der Waals surface area contributed by atoms with E-state index in [1.54, 1.807) is 31.4 Å². The van der Waals surface area contributed by atoms with Gasteiger partial charge in [0.25, 0.3) is 5.91 Å². The standard InChI is InChI=1S/C20H20N2O2S/c1-5-9-22-18-14(3)10-13(2)11-17(18)25-20(22)21-19(23)15-7-6-8-16(12-15)24-4/h5-8,10-12H,1,9H2,2-4H3. The molecule has 0 aliphatic heterocycles. The Kier molecular flexibility index (Phi) is 4.86. The predicted molar refractivity (Wildman–Crippen MR) is 102 cm³/mol. The summed E-state index contributed by atoms with van der Waals surface area (Å²) in [5, 5.41) is 0. The maximum absolute atomic E-state index is 12.6. The van der Waals surface area contributed by atoms with Gasteiger partial charge in [0, 0.05) is 12.1 Å². The molecule has 0 unspecified atom stereocenters. The van der Waals surface area contributed by atoms with Crippen LogP contribution in [0.1, 0.15) is 21.5 Å². The van der Waals surface area contributed by atoms with Crippen LogP contribution in [0.4, 0.5) is 0 Å². The molecule has 3 rings (SSSR count). The molecular weight excluding hydrogens is 332 g/mol. The number of nitrogens with zero attached hydrogens (tertiary/aromatic N) is 2. The fourth-order valence-electron chi connectivity index (χ4n) is 2.88. The van der Waals surface area contributed by atoms with Crippen LogP contribution in [0, 0.1) is 13.8 Å². The third-order valence-electron chi connectivity index (χ3n) is 3.94. The van der Waals surface area contributed by atoms with E-state index in [1.165, 1.54) is 22.5 Å². The molecule has 1 amide bonds. The van der Waals surface area contributed by atoms with Crippen LogP contribution >= 0.6 is 11.3 Å². The fraction of sp³-hybridized carbons (Fsp3) is 0.200. The summed E-state index contributed by atoms with van der Waals surface area (Å²) in [4.78, 5) is 17.7. The van der Waals surface area contributed by atoms with Gasteiger partial charge in [0.15, 0.2) is 4.80 Å². The second kappa shape index (κ2) is 7.07. The number of carbonyl (C=O) groups is 1. The average molecular weight is 352 g/mol. The van der Waals surface area contributed by atoms with Gasteiger partial charge in [-0.1, -0.05) is 29.5 Å². The third-order valence-corrected chi connectivity index (χ3v) is 4.96. The molecule has 0 aliphatic carbocycles. The van der Waals surface area contributed by atoms with Crippen molar-refractivity contribution >= 4 is 27.5 Å². The van der Waals surface area contributed by atoms with E-state index >= 15 is 0 Å². The zero-order valence-electron chi connectivity index (χ0n) is 14.6. The second-order valence-electron chi connectivity index (χ2n) is 5.86. The molecule has 0 fully saturated rings. The van der Waals surface area contributed by atoms with Crippen LogP contribution in [-0.2, 0) is 6.54 Å². The lowest BCUT2D eigenvalue weighted by Crippen LogP contribution is -2.16. The number of allylic oxidation sites excluding steroid dienone is 1. The first kappa shape index (κ1) is 17.2. The molecule has 0 bridgehead atoms. The zero-order valence-corrected chi connectivity index (χ0v) is 15.4. The number of ether oxygens (including phenoxy) is 1. The number of methoxy groups -OCH3 is 1. The van der Waals surface area contributed by atoms with Crippen molar-refractivity contribution in [3.63, 3.8) is 0 Å². The van der Waals surface area contributed by atoms with Crippen LogP contribution in [0.15, 0.2) is 54.0 Å². The van der Waals surface area contributed by atoms with Gasteiger partial charge in [0.1, 0.15) is 5.75 Å². The predicted octanol–water partition coefficient (Wildman–Crippen LogP) is 4.26. The molecule has 2 aromatic carbocycles. The summed E-state index contributed by atoms with van der Waals surface area (Å²) in [6, 6.07) is 11.3. The van der Waals surface area contributed by atoms with Crippen LogP contribution in [0.2, 0.25) is 0 Å². The summed E-state index contributed by atoms with van der Waals surface area (Å²) in [6.07, 6.45) is 1.82. The van der Waals surface area contributed by atoms with E-state index < -0.39 is 0 Å². The minimum absolute atomic E-state index is 0.280. The molecule has 4 nitrogen and oxygen atoms in total. The van der Waals surface area contributed by atoms with Gasteiger partial charge in [-0.3, -0.25) is 4.79 Å². The molecule has 1 aromatic heterocycles. The number of hydrogen-bond donors (Lipinski definition) is 0. The van der Waals surface area contributed by atoms with Gasteiger partial charge in [-0.25, -0.2) is 0 Å². The summed E-state index contributed by atoms with van der Waals surface area (Å²) in [6.45, 7) is 8.59. The molecular formula is C20H20N2O2S. The highest BCUT2D eigenvalue weighted by molar-refractivity contribution is 7.16. The van der Waals surface area contributed by atoms with Crippen molar-refractivity contribution < 1.29 is 9.53 Å². The van der Waals surface area contributed by atoms with Crippen molar-refractivity contribution in [2.45, 2.75) is 20.4 Å². The van der Waals surface area contributed by atoms with Crippen LogP contribution in [-0.4, -0.2) is 17.6 Å². The van der Waals surface area contributed by atoms with Crippen LogP contribution in [0.5, 0.6) is 5.75 Å². The Balaban J connectivity index is 2.17. The highest BCUT2D eigenvalue weighted by Gasteiger charge is 2.11. The number of amides is 1. The van der Waals surface area contributed by atoms with Gasteiger partial charge in [-0.2, -0.15) is 4.99 Å². The first-order valence-corrected chi connectivity index (χ1v) is 8.79.